The highest BCUT2D eigenvalue weighted by Crippen LogP contribution is 2.20. The monoisotopic (exact) mass is 311 g/mol. The van der Waals surface area contributed by atoms with Gasteiger partial charge in [-0.25, -0.2) is 18.1 Å². The first kappa shape index (κ1) is 14.8. The number of anilines is 1. The first-order valence-electron chi connectivity index (χ1n) is 5.85. The summed E-state index contributed by atoms with van der Waals surface area (Å²) in [5, 5.41) is 0.115. The van der Waals surface area contributed by atoms with E-state index in [4.69, 9.17) is 17.3 Å². The van der Waals surface area contributed by atoms with E-state index in [9.17, 15) is 8.42 Å². The average Bonchev–Trinajstić information content (AvgIpc) is 2.41. The van der Waals surface area contributed by atoms with Gasteiger partial charge in [-0.05, 0) is 24.1 Å². The number of nitrogens with two attached hydrogens (primary N) is 1. The molecular weight excluding hydrogens is 298 g/mol. The number of nitrogens with one attached hydrogen (secondary N) is 1. The summed E-state index contributed by atoms with van der Waals surface area (Å²) in [5.41, 5.74) is 7.38. The van der Waals surface area contributed by atoms with Crippen molar-refractivity contribution in [2.24, 2.45) is 0 Å². The minimum absolute atomic E-state index is 0.00900. The normalized spacial score (nSPS) is 11.5. The van der Waals surface area contributed by atoms with Crippen LogP contribution in [-0.2, 0) is 16.6 Å². The summed E-state index contributed by atoms with van der Waals surface area (Å²) in [6.07, 6.45) is 1.18. The molecule has 0 aliphatic rings. The molecule has 2 aromatic rings. The molecule has 1 aromatic carbocycles. The van der Waals surface area contributed by atoms with Crippen molar-refractivity contribution >= 4 is 27.4 Å². The first-order valence-corrected chi connectivity index (χ1v) is 7.71. The van der Waals surface area contributed by atoms with Gasteiger partial charge in [-0.2, -0.15) is 0 Å². The fourth-order valence-corrected chi connectivity index (χ4v) is 2.85. The minimum Gasteiger partial charge on any atom is -0.382 e. The highest BCUT2D eigenvalue weighted by molar-refractivity contribution is 7.89. The Morgan fingerprint density at radius 2 is 2.05 bits per heavy atom. The highest BCUT2D eigenvalue weighted by Gasteiger charge is 2.16. The predicted molar refractivity (Wildman–Crippen MR) is 78.9 cm³/mol. The number of nitrogens with zero attached hydrogens (tertiary/aromatic N) is 1. The lowest BCUT2D eigenvalue weighted by Crippen LogP contribution is -2.23. The van der Waals surface area contributed by atoms with Crippen LogP contribution in [0.2, 0.25) is 5.02 Å². The second kappa shape index (κ2) is 5.78. The van der Waals surface area contributed by atoms with Crippen molar-refractivity contribution in [2.45, 2.75) is 18.4 Å². The molecule has 20 heavy (non-hydrogen) atoms. The zero-order valence-corrected chi connectivity index (χ0v) is 12.4. The molecule has 0 bridgehead atoms. The Hall–Kier alpha value is -1.63. The van der Waals surface area contributed by atoms with E-state index in [0.717, 1.165) is 11.1 Å². The van der Waals surface area contributed by atoms with Crippen molar-refractivity contribution in [3.05, 3.63) is 52.7 Å². The van der Waals surface area contributed by atoms with Gasteiger partial charge >= 0.3 is 0 Å². The third-order valence-corrected chi connectivity index (χ3v) is 4.54. The first-order chi connectivity index (χ1) is 9.40. The molecule has 1 aromatic heterocycles. The standard InChI is InChI=1S/C13H14ClN3O2S/c1-9-4-2-3-5-10(9)7-17-20(18,19)11-6-12(14)13(15)16-8-11/h2-6,8,17H,7H2,1H3,(H2,15,16). The molecule has 2 rings (SSSR count). The van der Waals surface area contributed by atoms with Crippen LogP contribution >= 0.6 is 11.6 Å². The van der Waals surface area contributed by atoms with Crippen molar-refractivity contribution < 1.29 is 8.42 Å². The van der Waals surface area contributed by atoms with E-state index in [2.05, 4.69) is 9.71 Å². The van der Waals surface area contributed by atoms with Gasteiger partial charge in [0.15, 0.2) is 0 Å². The number of aromatic nitrogens is 1. The van der Waals surface area contributed by atoms with E-state index >= 15 is 0 Å². The molecular formula is C13H14ClN3O2S. The molecule has 0 saturated carbocycles. The van der Waals surface area contributed by atoms with Gasteiger partial charge in [-0.3, -0.25) is 0 Å². The number of nitrogen functional groups attached to an aromatic ring is 1. The molecule has 0 radical (unpaired) electrons. The Bertz CT molecular complexity index is 732. The van der Waals surface area contributed by atoms with Crippen LogP contribution in [-0.4, -0.2) is 13.4 Å². The van der Waals surface area contributed by atoms with Crippen molar-refractivity contribution in [2.75, 3.05) is 5.73 Å². The van der Waals surface area contributed by atoms with Gasteiger partial charge < -0.3 is 5.73 Å². The zero-order chi connectivity index (χ0) is 14.8. The lowest BCUT2D eigenvalue weighted by Gasteiger charge is -2.09. The maximum absolute atomic E-state index is 12.1. The van der Waals surface area contributed by atoms with Crippen LogP contribution in [0.25, 0.3) is 0 Å². The Labute approximate surface area is 122 Å². The van der Waals surface area contributed by atoms with E-state index in [1.54, 1.807) is 0 Å². The summed E-state index contributed by atoms with van der Waals surface area (Å²) in [4.78, 5) is 3.74. The molecule has 106 valence electrons. The second-order valence-electron chi connectivity index (χ2n) is 4.29. The van der Waals surface area contributed by atoms with Crippen LogP contribution in [0.15, 0.2) is 41.4 Å². The second-order valence-corrected chi connectivity index (χ2v) is 6.46. The summed E-state index contributed by atoms with van der Waals surface area (Å²) in [5.74, 6) is 0.101. The third kappa shape index (κ3) is 3.27. The van der Waals surface area contributed by atoms with Gasteiger partial charge in [0.05, 0.1) is 5.02 Å². The maximum atomic E-state index is 12.1. The molecule has 7 heteroatoms. The molecule has 0 aliphatic heterocycles. The van der Waals surface area contributed by atoms with E-state index in [1.807, 2.05) is 31.2 Å². The largest absolute Gasteiger partial charge is 0.382 e. The summed E-state index contributed by atoms with van der Waals surface area (Å²) >= 11 is 5.78. The lowest BCUT2D eigenvalue weighted by atomic mass is 10.1. The molecule has 3 N–H and O–H groups in total. The summed E-state index contributed by atoms with van der Waals surface area (Å²) < 4.78 is 26.8. The van der Waals surface area contributed by atoms with Gasteiger partial charge in [0.1, 0.15) is 10.7 Å². The molecule has 1 heterocycles. The van der Waals surface area contributed by atoms with Crippen LogP contribution in [0, 0.1) is 6.92 Å². The maximum Gasteiger partial charge on any atom is 0.242 e. The van der Waals surface area contributed by atoms with Crippen molar-refractivity contribution in [3.63, 3.8) is 0 Å². The molecule has 0 saturated heterocycles. The fourth-order valence-electron chi connectivity index (χ4n) is 1.64. The van der Waals surface area contributed by atoms with Crippen molar-refractivity contribution in [3.8, 4) is 0 Å². The minimum atomic E-state index is -3.67. The van der Waals surface area contributed by atoms with Crippen LogP contribution < -0.4 is 10.5 Å². The number of hydrogen-bond acceptors (Lipinski definition) is 4. The van der Waals surface area contributed by atoms with Gasteiger partial charge in [-0.1, -0.05) is 35.9 Å². The van der Waals surface area contributed by atoms with Gasteiger partial charge in [-0.15, -0.1) is 0 Å². The fraction of sp³-hybridized carbons (Fsp3) is 0.154. The summed E-state index contributed by atoms with van der Waals surface area (Å²) in [6.45, 7) is 2.13. The smallest absolute Gasteiger partial charge is 0.242 e. The van der Waals surface area contributed by atoms with E-state index in [1.165, 1.54) is 12.3 Å². The number of sulfonamides is 1. The molecule has 5 nitrogen and oxygen atoms in total. The molecule has 0 amide bonds. The SMILES string of the molecule is Cc1ccccc1CNS(=O)(=O)c1cnc(N)c(Cl)c1. The summed E-state index contributed by atoms with van der Waals surface area (Å²) in [7, 11) is -3.67. The molecule has 0 fully saturated rings. The third-order valence-electron chi connectivity index (χ3n) is 2.87. The van der Waals surface area contributed by atoms with Gasteiger partial charge in [0.2, 0.25) is 10.0 Å². The molecule has 0 unspecified atom stereocenters. The molecule has 0 atom stereocenters. The average molecular weight is 312 g/mol. The summed E-state index contributed by atoms with van der Waals surface area (Å²) in [6, 6.07) is 8.83. The number of halogens is 1. The van der Waals surface area contributed by atoms with Crippen LogP contribution in [0.4, 0.5) is 5.82 Å². The van der Waals surface area contributed by atoms with Gasteiger partial charge in [0, 0.05) is 12.7 Å². The number of rotatable bonds is 4. The number of pyridine rings is 1. The topological polar surface area (TPSA) is 85.1 Å². The van der Waals surface area contributed by atoms with Crippen molar-refractivity contribution in [1.29, 1.82) is 0 Å². The predicted octanol–water partition coefficient (Wildman–Crippen LogP) is 2.10. The van der Waals surface area contributed by atoms with Crippen LogP contribution in [0.3, 0.4) is 0 Å². The zero-order valence-electron chi connectivity index (χ0n) is 10.8. The lowest BCUT2D eigenvalue weighted by molar-refractivity contribution is 0.581. The highest BCUT2D eigenvalue weighted by atomic mass is 35.5. The number of aryl methyl sites for hydroxylation is 1. The quantitative estimate of drug-likeness (QED) is 0.905. The Morgan fingerprint density at radius 3 is 2.70 bits per heavy atom. The Balaban J connectivity index is 2.19. The van der Waals surface area contributed by atoms with Crippen molar-refractivity contribution in [1.82, 2.24) is 9.71 Å². The number of benzene rings is 1. The van der Waals surface area contributed by atoms with E-state index in [0.29, 0.717) is 0 Å². The molecule has 0 aliphatic carbocycles. The molecule has 0 spiro atoms. The van der Waals surface area contributed by atoms with E-state index in [-0.39, 0.29) is 22.3 Å². The number of hydrogen-bond donors (Lipinski definition) is 2. The Kier molecular flexibility index (Phi) is 4.27. The Morgan fingerprint density at radius 1 is 1.35 bits per heavy atom. The van der Waals surface area contributed by atoms with E-state index < -0.39 is 10.0 Å². The van der Waals surface area contributed by atoms with Crippen LogP contribution in [0.5, 0.6) is 0 Å². The van der Waals surface area contributed by atoms with Crippen LogP contribution in [0.1, 0.15) is 11.1 Å². The van der Waals surface area contributed by atoms with Gasteiger partial charge in [0.25, 0.3) is 0 Å².